The molecular formula is C19H39KO4S. The minimum absolute atomic E-state index is 0. The summed E-state index contributed by atoms with van der Waals surface area (Å²) in [4.78, 5) is 0. The largest absolute Gasteiger partial charge is 1.00 e. The Balaban J connectivity index is 0. The number of aliphatic hydroxyl groups is 1. The third kappa shape index (κ3) is 18.6. The monoisotopic (exact) mass is 402 g/mol. The van der Waals surface area contributed by atoms with Crippen molar-refractivity contribution in [3.8, 4) is 0 Å². The van der Waals surface area contributed by atoms with Crippen molar-refractivity contribution in [3.63, 3.8) is 0 Å². The Bertz CT molecular complexity index is 374. The summed E-state index contributed by atoms with van der Waals surface area (Å²) in [5.41, 5.74) is 0. The van der Waals surface area contributed by atoms with Gasteiger partial charge in [-0.25, -0.2) is 8.42 Å². The van der Waals surface area contributed by atoms with Gasteiger partial charge in [0.1, 0.15) is 0 Å². The molecule has 0 heterocycles. The molecule has 0 aliphatic heterocycles. The van der Waals surface area contributed by atoms with Crippen LogP contribution in [0.3, 0.4) is 0 Å². The van der Waals surface area contributed by atoms with Crippen molar-refractivity contribution in [1.29, 1.82) is 0 Å². The second kappa shape index (κ2) is 18.9. The van der Waals surface area contributed by atoms with Gasteiger partial charge in [0.15, 0.2) is 0 Å². The molecule has 0 aromatic carbocycles. The van der Waals surface area contributed by atoms with Gasteiger partial charge in [0, 0.05) is 5.25 Å². The van der Waals surface area contributed by atoms with E-state index in [4.69, 9.17) is 0 Å². The molecule has 2 atom stereocenters. The zero-order chi connectivity index (χ0) is 18.3. The third-order valence-electron chi connectivity index (χ3n) is 4.83. The molecule has 2 unspecified atom stereocenters. The molecule has 0 aliphatic carbocycles. The van der Waals surface area contributed by atoms with Gasteiger partial charge in [-0.15, -0.1) is 0 Å². The Morgan fingerprint density at radius 3 is 1.60 bits per heavy atom. The molecule has 0 spiro atoms. The van der Waals surface area contributed by atoms with Crippen molar-refractivity contribution in [2.24, 2.45) is 0 Å². The van der Waals surface area contributed by atoms with E-state index in [0.29, 0.717) is 25.7 Å². The molecule has 25 heavy (non-hydrogen) atoms. The molecule has 0 aliphatic rings. The SMILES string of the molecule is CCCCCCCCCCCCCC(CCC(O)CC)S(=O)(=O)[O-].[K+]. The van der Waals surface area contributed by atoms with E-state index in [1.54, 1.807) is 0 Å². The maximum absolute atomic E-state index is 11.3. The predicted octanol–water partition coefficient (Wildman–Crippen LogP) is 2.16. The molecule has 0 radical (unpaired) electrons. The zero-order valence-corrected chi connectivity index (χ0v) is 20.8. The maximum Gasteiger partial charge on any atom is 1.00 e. The molecule has 0 saturated heterocycles. The smallest absolute Gasteiger partial charge is 0.748 e. The van der Waals surface area contributed by atoms with Gasteiger partial charge in [0.25, 0.3) is 0 Å². The van der Waals surface area contributed by atoms with E-state index in [1.165, 1.54) is 51.4 Å². The summed E-state index contributed by atoms with van der Waals surface area (Å²) in [6.07, 6.45) is 14.6. The Labute approximate surface area is 199 Å². The first-order valence-electron chi connectivity index (χ1n) is 10.0. The van der Waals surface area contributed by atoms with E-state index >= 15 is 0 Å². The van der Waals surface area contributed by atoms with Crippen LogP contribution in [0.15, 0.2) is 0 Å². The summed E-state index contributed by atoms with van der Waals surface area (Å²) in [5.74, 6) is 0. The maximum atomic E-state index is 11.3. The van der Waals surface area contributed by atoms with Crippen molar-refractivity contribution in [2.45, 2.75) is 122 Å². The normalized spacial score (nSPS) is 14.1. The summed E-state index contributed by atoms with van der Waals surface area (Å²) >= 11 is 0. The van der Waals surface area contributed by atoms with Crippen LogP contribution in [-0.4, -0.2) is 29.4 Å². The molecule has 0 aromatic rings. The van der Waals surface area contributed by atoms with Crippen LogP contribution in [0, 0.1) is 0 Å². The number of unbranched alkanes of at least 4 members (excludes halogenated alkanes) is 10. The van der Waals surface area contributed by atoms with Gasteiger partial charge < -0.3 is 9.66 Å². The van der Waals surface area contributed by atoms with Crippen molar-refractivity contribution >= 4 is 10.1 Å². The van der Waals surface area contributed by atoms with Crippen LogP contribution in [0.4, 0.5) is 0 Å². The number of hydrogen-bond donors (Lipinski definition) is 1. The van der Waals surface area contributed by atoms with Crippen molar-refractivity contribution in [3.05, 3.63) is 0 Å². The Kier molecular flexibility index (Phi) is 21.7. The van der Waals surface area contributed by atoms with Crippen LogP contribution >= 0.6 is 0 Å². The summed E-state index contributed by atoms with van der Waals surface area (Å²) < 4.78 is 33.9. The molecule has 0 fully saturated rings. The molecule has 0 rings (SSSR count). The van der Waals surface area contributed by atoms with Gasteiger partial charge in [-0.1, -0.05) is 84.5 Å². The Morgan fingerprint density at radius 1 is 0.760 bits per heavy atom. The van der Waals surface area contributed by atoms with Crippen LogP contribution in [0.2, 0.25) is 0 Å². The Hall–Kier alpha value is 1.51. The Morgan fingerprint density at radius 2 is 1.20 bits per heavy atom. The first-order valence-corrected chi connectivity index (χ1v) is 11.5. The topological polar surface area (TPSA) is 77.4 Å². The van der Waals surface area contributed by atoms with Crippen LogP contribution in [0.5, 0.6) is 0 Å². The van der Waals surface area contributed by atoms with Crippen molar-refractivity contribution in [1.82, 2.24) is 0 Å². The van der Waals surface area contributed by atoms with E-state index in [1.807, 2.05) is 6.92 Å². The quantitative estimate of drug-likeness (QED) is 0.230. The fourth-order valence-corrected chi connectivity index (χ4v) is 3.93. The summed E-state index contributed by atoms with van der Waals surface area (Å²) in [6.45, 7) is 4.09. The van der Waals surface area contributed by atoms with Gasteiger partial charge in [-0.05, 0) is 25.7 Å². The van der Waals surface area contributed by atoms with Crippen LogP contribution in [0.1, 0.15) is 110 Å². The van der Waals surface area contributed by atoms with Crippen LogP contribution < -0.4 is 51.4 Å². The van der Waals surface area contributed by atoms with E-state index in [-0.39, 0.29) is 51.4 Å². The van der Waals surface area contributed by atoms with Gasteiger partial charge in [0.2, 0.25) is 0 Å². The predicted molar refractivity (Wildman–Crippen MR) is 100 cm³/mol. The molecule has 146 valence electrons. The fourth-order valence-electron chi connectivity index (χ4n) is 3.05. The molecule has 6 heteroatoms. The van der Waals surface area contributed by atoms with Gasteiger partial charge in [0.05, 0.1) is 16.2 Å². The molecule has 0 amide bonds. The van der Waals surface area contributed by atoms with Gasteiger partial charge in [-0.2, -0.15) is 0 Å². The average Bonchev–Trinajstić information content (AvgIpc) is 2.53. The van der Waals surface area contributed by atoms with E-state index in [2.05, 4.69) is 6.92 Å². The minimum Gasteiger partial charge on any atom is -0.748 e. The van der Waals surface area contributed by atoms with E-state index in [0.717, 1.165) is 19.3 Å². The minimum atomic E-state index is -4.24. The molecule has 0 saturated carbocycles. The zero-order valence-electron chi connectivity index (χ0n) is 16.8. The number of hydrogen-bond acceptors (Lipinski definition) is 4. The number of aliphatic hydroxyl groups excluding tert-OH is 1. The van der Waals surface area contributed by atoms with Crippen LogP contribution in [-0.2, 0) is 10.1 Å². The molecule has 4 nitrogen and oxygen atoms in total. The molecule has 0 bridgehead atoms. The second-order valence-electron chi connectivity index (χ2n) is 7.08. The summed E-state index contributed by atoms with van der Waals surface area (Å²) in [7, 11) is -4.24. The number of rotatable bonds is 17. The van der Waals surface area contributed by atoms with Crippen molar-refractivity contribution in [2.75, 3.05) is 0 Å². The van der Waals surface area contributed by atoms with Gasteiger partial charge in [-0.3, -0.25) is 0 Å². The average molecular weight is 403 g/mol. The summed E-state index contributed by atoms with van der Waals surface area (Å²) in [5, 5.41) is 8.71. The fraction of sp³-hybridized carbons (Fsp3) is 1.00. The van der Waals surface area contributed by atoms with E-state index in [9.17, 15) is 18.1 Å². The second-order valence-corrected chi connectivity index (χ2v) is 8.73. The summed E-state index contributed by atoms with van der Waals surface area (Å²) in [6, 6.07) is 0. The van der Waals surface area contributed by atoms with E-state index < -0.39 is 21.5 Å². The first kappa shape index (κ1) is 28.7. The third-order valence-corrected chi connectivity index (χ3v) is 6.12. The first-order chi connectivity index (χ1) is 11.4. The van der Waals surface area contributed by atoms with Crippen LogP contribution in [0.25, 0.3) is 0 Å². The molecule has 1 N–H and O–H groups in total. The van der Waals surface area contributed by atoms with Gasteiger partial charge >= 0.3 is 51.4 Å². The molecular weight excluding hydrogens is 363 g/mol. The van der Waals surface area contributed by atoms with Crippen molar-refractivity contribution < 1.29 is 69.5 Å². The molecule has 0 aromatic heterocycles. The standard InChI is InChI=1S/C19H40O4S.K/c1-3-5-6-7-8-9-10-11-12-13-14-15-19(24(21,22)23)17-16-18(20)4-2;/h18-20H,3-17H2,1-2H3,(H,21,22,23);/q;+1/p-1.